The Kier molecular flexibility index (Phi) is 8.03. The molecular formula is C29H32N4O5. The maximum absolute atomic E-state index is 10.5. The highest BCUT2D eigenvalue weighted by atomic mass is 16.6. The van der Waals surface area contributed by atoms with Crippen molar-refractivity contribution in [1.29, 1.82) is 5.26 Å². The Labute approximate surface area is 222 Å². The van der Waals surface area contributed by atoms with Gasteiger partial charge in [-0.1, -0.05) is 23.4 Å². The summed E-state index contributed by atoms with van der Waals surface area (Å²) in [7, 11) is 0. The number of nitriles is 1. The molecule has 9 heteroatoms. The van der Waals surface area contributed by atoms with Gasteiger partial charge < -0.3 is 23.8 Å². The predicted octanol–water partition coefficient (Wildman–Crippen LogP) is 4.41. The molecule has 38 heavy (non-hydrogen) atoms. The van der Waals surface area contributed by atoms with Gasteiger partial charge in [0.05, 0.1) is 24.9 Å². The summed E-state index contributed by atoms with van der Waals surface area (Å²) in [5.41, 5.74) is 3.84. The molecule has 9 nitrogen and oxygen atoms in total. The lowest BCUT2D eigenvalue weighted by atomic mass is 10.0. The van der Waals surface area contributed by atoms with E-state index in [0.717, 1.165) is 56.0 Å². The van der Waals surface area contributed by atoms with E-state index in [1.807, 2.05) is 38.1 Å². The summed E-state index contributed by atoms with van der Waals surface area (Å²) in [6, 6.07) is 13.3. The molecule has 0 amide bonds. The second-order valence-electron chi connectivity index (χ2n) is 9.69. The number of ether oxygens (including phenoxy) is 3. The van der Waals surface area contributed by atoms with Gasteiger partial charge in [-0.3, -0.25) is 4.90 Å². The average Bonchev–Trinajstić information content (AvgIpc) is 3.57. The molecule has 1 aliphatic heterocycles. The summed E-state index contributed by atoms with van der Waals surface area (Å²) in [5.74, 6) is 1.97. The Hall–Kier alpha value is -3.71. The zero-order chi connectivity index (χ0) is 26.5. The van der Waals surface area contributed by atoms with Crippen LogP contribution in [0.5, 0.6) is 5.75 Å². The van der Waals surface area contributed by atoms with Crippen LogP contribution in [0.4, 0.5) is 0 Å². The van der Waals surface area contributed by atoms with E-state index < -0.39 is 6.29 Å². The van der Waals surface area contributed by atoms with Crippen LogP contribution in [0.3, 0.4) is 0 Å². The summed E-state index contributed by atoms with van der Waals surface area (Å²) in [4.78, 5) is 6.96. The van der Waals surface area contributed by atoms with Crippen LogP contribution in [0.1, 0.15) is 43.4 Å². The molecule has 2 heterocycles. The van der Waals surface area contributed by atoms with Gasteiger partial charge in [0.25, 0.3) is 5.89 Å². The number of aliphatic hydroxyl groups excluding tert-OH is 1. The second kappa shape index (κ2) is 11.8. The van der Waals surface area contributed by atoms with Gasteiger partial charge in [0.1, 0.15) is 17.6 Å². The van der Waals surface area contributed by atoms with Gasteiger partial charge in [0.15, 0.2) is 6.29 Å². The number of nitrogens with zero attached hydrogens (tertiary/aromatic N) is 4. The fraction of sp³-hybridized carbons (Fsp3) is 0.414. The Morgan fingerprint density at radius 2 is 1.95 bits per heavy atom. The van der Waals surface area contributed by atoms with E-state index in [1.54, 1.807) is 18.2 Å². The summed E-state index contributed by atoms with van der Waals surface area (Å²) < 4.78 is 22.6. The average molecular weight is 517 g/mol. The number of hydrogen-bond donors (Lipinski definition) is 1. The quantitative estimate of drug-likeness (QED) is 0.392. The van der Waals surface area contributed by atoms with Gasteiger partial charge in [0.2, 0.25) is 5.82 Å². The normalized spacial score (nSPS) is 16.1. The first-order valence-corrected chi connectivity index (χ1v) is 13.0. The summed E-state index contributed by atoms with van der Waals surface area (Å²) >= 11 is 0. The Balaban J connectivity index is 1.26. The smallest absolute Gasteiger partial charge is 0.258 e. The van der Waals surface area contributed by atoms with Crippen molar-refractivity contribution >= 4 is 5.76 Å². The van der Waals surface area contributed by atoms with E-state index in [1.165, 1.54) is 0 Å². The first-order valence-electron chi connectivity index (χ1n) is 13.0. The third-order valence-electron chi connectivity index (χ3n) is 6.60. The van der Waals surface area contributed by atoms with Crippen LogP contribution >= 0.6 is 0 Å². The molecule has 2 aromatic carbocycles. The number of aliphatic hydroxyl groups is 1. The first kappa shape index (κ1) is 25.9. The number of hydrogen-bond acceptors (Lipinski definition) is 9. The number of rotatable bonds is 10. The minimum atomic E-state index is -0.870. The molecule has 0 radical (unpaired) electrons. The van der Waals surface area contributed by atoms with Crippen molar-refractivity contribution in [2.75, 3.05) is 32.8 Å². The van der Waals surface area contributed by atoms with Crippen LogP contribution in [0.15, 0.2) is 47.0 Å². The minimum absolute atomic E-state index is 0.0400. The number of aromatic nitrogens is 2. The molecule has 0 spiro atoms. The van der Waals surface area contributed by atoms with Crippen LogP contribution < -0.4 is 4.74 Å². The maximum Gasteiger partial charge on any atom is 0.258 e. The Bertz CT molecular complexity index is 1340. The molecule has 1 saturated heterocycles. The highest BCUT2D eigenvalue weighted by molar-refractivity contribution is 5.77. The van der Waals surface area contributed by atoms with Crippen molar-refractivity contribution < 1.29 is 23.8 Å². The van der Waals surface area contributed by atoms with E-state index in [0.29, 0.717) is 47.2 Å². The molecule has 5 rings (SSSR count). The second-order valence-corrected chi connectivity index (χ2v) is 9.69. The van der Waals surface area contributed by atoms with Crippen molar-refractivity contribution in [1.82, 2.24) is 15.0 Å². The predicted molar refractivity (Wildman–Crippen MR) is 141 cm³/mol. The number of morpholine rings is 1. The molecule has 1 aliphatic carbocycles. The van der Waals surface area contributed by atoms with Gasteiger partial charge in [-0.15, -0.1) is 0 Å². The molecule has 2 aliphatic rings. The molecule has 3 aromatic rings. The standard InChI is InChI=1S/C29H32N4O5/c1-19(2)36-25-10-8-20(17-21(25)18-30)29-31-28(32-38-29)24-6-3-5-23-22(24)9-11-26(23)37-27(34)7-4-12-33-13-15-35-16-14-33/h3,5-6,8,10-11,17,19,27,34H,4,7,9,12-16H2,1-2H3. The Morgan fingerprint density at radius 3 is 2.74 bits per heavy atom. The molecule has 1 N–H and O–H groups in total. The van der Waals surface area contributed by atoms with Gasteiger partial charge in [-0.2, -0.15) is 10.2 Å². The number of allylic oxidation sites excluding steroid dienone is 1. The lowest BCUT2D eigenvalue weighted by Gasteiger charge is -2.26. The highest BCUT2D eigenvalue weighted by Gasteiger charge is 2.24. The molecule has 1 unspecified atom stereocenters. The van der Waals surface area contributed by atoms with E-state index >= 15 is 0 Å². The summed E-state index contributed by atoms with van der Waals surface area (Å²) in [6.45, 7) is 8.17. The van der Waals surface area contributed by atoms with Crippen molar-refractivity contribution in [2.45, 2.75) is 45.5 Å². The van der Waals surface area contributed by atoms with Gasteiger partial charge in [-0.25, -0.2) is 0 Å². The molecule has 1 fully saturated rings. The minimum Gasteiger partial charge on any atom is -0.490 e. The third-order valence-corrected chi connectivity index (χ3v) is 6.60. The maximum atomic E-state index is 10.5. The molecule has 198 valence electrons. The van der Waals surface area contributed by atoms with Crippen molar-refractivity contribution in [3.05, 3.63) is 59.2 Å². The fourth-order valence-corrected chi connectivity index (χ4v) is 4.74. The zero-order valence-electron chi connectivity index (χ0n) is 21.7. The summed E-state index contributed by atoms with van der Waals surface area (Å²) in [5, 5.41) is 24.3. The van der Waals surface area contributed by atoms with Crippen molar-refractivity contribution in [2.24, 2.45) is 0 Å². The molecule has 0 bridgehead atoms. The van der Waals surface area contributed by atoms with Crippen molar-refractivity contribution in [3.8, 4) is 34.7 Å². The van der Waals surface area contributed by atoms with Crippen LogP contribution in [0.2, 0.25) is 0 Å². The lowest BCUT2D eigenvalue weighted by molar-refractivity contribution is -0.0476. The Morgan fingerprint density at radius 1 is 1.13 bits per heavy atom. The van der Waals surface area contributed by atoms with Gasteiger partial charge in [0, 0.05) is 36.2 Å². The number of fused-ring (bicyclic) bond motifs is 1. The number of benzene rings is 2. The molecule has 1 atom stereocenters. The van der Waals surface area contributed by atoms with E-state index in [2.05, 4.69) is 21.1 Å². The SMILES string of the molecule is CC(C)Oc1ccc(-c2nc(-c3cccc4c3CC=C4OC(O)CCCN3CCOCC3)no2)cc1C#N. The van der Waals surface area contributed by atoms with Crippen LogP contribution in [0, 0.1) is 11.3 Å². The van der Waals surface area contributed by atoms with E-state index in [9.17, 15) is 10.4 Å². The molecule has 0 saturated carbocycles. The molecule has 1 aromatic heterocycles. The first-order chi connectivity index (χ1) is 18.5. The fourth-order valence-electron chi connectivity index (χ4n) is 4.74. The topological polar surface area (TPSA) is 114 Å². The van der Waals surface area contributed by atoms with Gasteiger partial charge in [-0.05, 0) is 63.1 Å². The van der Waals surface area contributed by atoms with Crippen LogP contribution in [-0.2, 0) is 15.9 Å². The largest absolute Gasteiger partial charge is 0.490 e. The van der Waals surface area contributed by atoms with Crippen LogP contribution in [-0.4, -0.2) is 65.4 Å². The van der Waals surface area contributed by atoms with E-state index in [4.69, 9.17) is 18.7 Å². The van der Waals surface area contributed by atoms with E-state index in [-0.39, 0.29) is 6.10 Å². The van der Waals surface area contributed by atoms with Crippen LogP contribution in [0.25, 0.3) is 28.6 Å². The summed E-state index contributed by atoms with van der Waals surface area (Å²) in [6.07, 6.45) is 3.12. The zero-order valence-corrected chi connectivity index (χ0v) is 21.7. The molecular weight excluding hydrogens is 484 g/mol. The monoisotopic (exact) mass is 516 g/mol. The van der Waals surface area contributed by atoms with Crippen molar-refractivity contribution in [3.63, 3.8) is 0 Å². The third kappa shape index (κ3) is 5.89. The lowest BCUT2D eigenvalue weighted by Crippen LogP contribution is -2.37. The highest BCUT2D eigenvalue weighted by Crippen LogP contribution is 2.36. The van der Waals surface area contributed by atoms with Gasteiger partial charge >= 0.3 is 0 Å².